The van der Waals surface area contributed by atoms with Crippen molar-refractivity contribution in [1.29, 1.82) is 0 Å². The highest BCUT2D eigenvalue weighted by Crippen LogP contribution is 2.47. The van der Waals surface area contributed by atoms with E-state index in [4.69, 9.17) is 9.73 Å². The number of aliphatic imine (C=N–C) groups is 1. The summed E-state index contributed by atoms with van der Waals surface area (Å²) in [5, 5.41) is 3.00. The summed E-state index contributed by atoms with van der Waals surface area (Å²) in [6, 6.07) is 15.4. The molecule has 0 aromatic heterocycles. The lowest BCUT2D eigenvalue weighted by Gasteiger charge is -2.41. The Kier molecular flexibility index (Phi) is 5.76. The van der Waals surface area contributed by atoms with Crippen LogP contribution in [0.4, 0.5) is 5.69 Å². The molecule has 5 nitrogen and oxygen atoms in total. The second kappa shape index (κ2) is 8.38. The number of hydrogen-bond donors (Lipinski definition) is 1. The van der Waals surface area contributed by atoms with E-state index in [0.29, 0.717) is 29.1 Å². The maximum Gasteiger partial charge on any atom is 0.254 e. The van der Waals surface area contributed by atoms with Crippen LogP contribution in [0, 0.1) is 18.3 Å². The van der Waals surface area contributed by atoms with Gasteiger partial charge < -0.3 is 10.1 Å². The molecule has 32 heavy (non-hydrogen) atoms. The van der Waals surface area contributed by atoms with Crippen LogP contribution in [-0.2, 0) is 9.59 Å². The van der Waals surface area contributed by atoms with Crippen molar-refractivity contribution in [2.24, 2.45) is 16.3 Å². The van der Waals surface area contributed by atoms with Crippen LogP contribution in [0.5, 0.6) is 5.75 Å². The van der Waals surface area contributed by atoms with Gasteiger partial charge in [0.1, 0.15) is 11.5 Å². The maximum atomic E-state index is 13.6. The van der Waals surface area contributed by atoms with Gasteiger partial charge in [0.25, 0.3) is 5.91 Å². The topological polar surface area (TPSA) is 67.8 Å². The van der Waals surface area contributed by atoms with Crippen LogP contribution in [0.3, 0.4) is 0 Å². The Labute approximate surface area is 189 Å². The third kappa shape index (κ3) is 4.12. The number of Topliss-reactive ketones (excluding diaryl/α,β-unsaturated/α-hetero) is 1. The number of ketones is 1. The normalized spacial score (nSPS) is 22.2. The van der Waals surface area contributed by atoms with E-state index in [9.17, 15) is 9.59 Å². The second-order valence-corrected chi connectivity index (χ2v) is 9.61. The van der Waals surface area contributed by atoms with Gasteiger partial charge in [-0.1, -0.05) is 55.8 Å². The average molecular weight is 431 g/mol. The number of carbonyl (C=O) groups excluding carboxylic acids is 2. The molecule has 5 heteroatoms. The van der Waals surface area contributed by atoms with Gasteiger partial charge in [0.2, 0.25) is 0 Å². The van der Waals surface area contributed by atoms with E-state index >= 15 is 0 Å². The number of allylic oxidation sites excluding steroid dienone is 1. The zero-order valence-electron chi connectivity index (χ0n) is 19.4. The Morgan fingerprint density at radius 3 is 2.41 bits per heavy atom. The fraction of sp³-hybridized carbons (Fsp3) is 0.370. The SMILES string of the molecule is COc1ccccc1NC(=O)C1=C(C)N=C2CC(C)(C)CC(=O)C2[C@@H]1c1ccc(C)cc1. The second-order valence-electron chi connectivity index (χ2n) is 9.61. The molecule has 166 valence electrons. The van der Waals surface area contributed by atoms with Gasteiger partial charge in [0.05, 0.1) is 18.7 Å². The molecule has 1 heterocycles. The predicted octanol–water partition coefficient (Wildman–Crippen LogP) is 5.46. The van der Waals surface area contributed by atoms with Crippen LogP contribution >= 0.6 is 0 Å². The minimum Gasteiger partial charge on any atom is -0.495 e. The summed E-state index contributed by atoms with van der Waals surface area (Å²) < 4.78 is 5.40. The number of fused-ring (bicyclic) bond motifs is 1. The van der Waals surface area contributed by atoms with E-state index in [2.05, 4.69) is 19.2 Å². The molecular weight excluding hydrogens is 400 g/mol. The Balaban J connectivity index is 1.81. The molecule has 0 bridgehead atoms. The van der Waals surface area contributed by atoms with Gasteiger partial charge in [0, 0.05) is 29.3 Å². The highest BCUT2D eigenvalue weighted by atomic mass is 16.5. The van der Waals surface area contributed by atoms with Crippen LogP contribution in [0.25, 0.3) is 0 Å². The third-order valence-electron chi connectivity index (χ3n) is 6.40. The minimum atomic E-state index is -0.409. The number of anilines is 1. The van der Waals surface area contributed by atoms with E-state index in [-0.39, 0.29) is 23.0 Å². The van der Waals surface area contributed by atoms with E-state index in [0.717, 1.165) is 23.3 Å². The van der Waals surface area contributed by atoms with Crippen LogP contribution < -0.4 is 10.1 Å². The van der Waals surface area contributed by atoms with Gasteiger partial charge in [-0.2, -0.15) is 0 Å². The van der Waals surface area contributed by atoms with Crippen molar-refractivity contribution in [3.8, 4) is 5.75 Å². The first-order chi connectivity index (χ1) is 15.2. The first kappa shape index (κ1) is 22.0. The van der Waals surface area contributed by atoms with Gasteiger partial charge in [-0.25, -0.2) is 0 Å². The molecule has 1 aliphatic heterocycles. The average Bonchev–Trinajstić information content (AvgIpc) is 2.72. The molecule has 2 atom stereocenters. The molecule has 4 rings (SSSR count). The van der Waals surface area contributed by atoms with Crippen molar-refractivity contribution in [3.05, 3.63) is 70.9 Å². The van der Waals surface area contributed by atoms with E-state index in [1.165, 1.54) is 0 Å². The van der Waals surface area contributed by atoms with Crippen LogP contribution in [0.2, 0.25) is 0 Å². The van der Waals surface area contributed by atoms with E-state index in [1.807, 2.05) is 50.2 Å². The Hall–Kier alpha value is -3.21. The number of rotatable bonds is 4. The monoisotopic (exact) mass is 430 g/mol. The summed E-state index contributed by atoms with van der Waals surface area (Å²) in [5.74, 6) is -0.283. The van der Waals surface area contributed by atoms with Crippen molar-refractivity contribution in [1.82, 2.24) is 0 Å². The smallest absolute Gasteiger partial charge is 0.254 e. The number of aryl methyl sites for hydroxylation is 1. The zero-order chi connectivity index (χ0) is 23.0. The van der Waals surface area contributed by atoms with Gasteiger partial charge in [-0.3, -0.25) is 14.6 Å². The highest BCUT2D eigenvalue weighted by molar-refractivity contribution is 6.14. The number of nitrogens with zero attached hydrogens (tertiary/aromatic N) is 1. The molecule has 2 aromatic carbocycles. The number of para-hydroxylation sites is 2. The molecule has 1 saturated carbocycles. The molecule has 1 aliphatic carbocycles. The van der Waals surface area contributed by atoms with E-state index in [1.54, 1.807) is 19.2 Å². The summed E-state index contributed by atoms with van der Waals surface area (Å²) in [6.45, 7) is 8.11. The number of hydrogen-bond acceptors (Lipinski definition) is 4. The lowest BCUT2D eigenvalue weighted by atomic mass is 9.63. The van der Waals surface area contributed by atoms with Crippen molar-refractivity contribution in [3.63, 3.8) is 0 Å². The number of ether oxygens (including phenoxy) is 1. The molecule has 1 fully saturated rings. The van der Waals surface area contributed by atoms with Gasteiger partial charge in [0.15, 0.2) is 0 Å². The summed E-state index contributed by atoms with van der Waals surface area (Å²) >= 11 is 0. The van der Waals surface area contributed by atoms with Crippen LogP contribution in [0.15, 0.2) is 64.8 Å². The lowest BCUT2D eigenvalue weighted by Crippen LogP contribution is -2.44. The molecule has 0 saturated heterocycles. The number of amides is 1. The minimum absolute atomic E-state index is 0.123. The molecule has 1 unspecified atom stereocenters. The molecule has 1 amide bonds. The summed E-state index contributed by atoms with van der Waals surface area (Å²) in [5.41, 5.74) is 4.67. The van der Waals surface area contributed by atoms with Crippen molar-refractivity contribution in [2.75, 3.05) is 12.4 Å². The van der Waals surface area contributed by atoms with Crippen molar-refractivity contribution in [2.45, 2.75) is 46.5 Å². The van der Waals surface area contributed by atoms with Gasteiger partial charge in [-0.05, 0) is 43.4 Å². The predicted molar refractivity (Wildman–Crippen MR) is 127 cm³/mol. The maximum absolute atomic E-state index is 13.6. The van der Waals surface area contributed by atoms with Crippen LogP contribution in [-0.4, -0.2) is 24.5 Å². The summed E-state index contributed by atoms with van der Waals surface area (Å²) in [7, 11) is 1.57. The largest absolute Gasteiger partial charge is 0.495 e. The fourth-order valence-electron chi connectivity index (χ4n) is 4.96. The zero-order valence-corrected chi connectivity index (χ0v) is 19.4. The number of carbonyl (C=O) groups is 2. The number of methoxy groups -OCH3 is 1. The van der Waals surface area contributed by atoms with Crippen LogP contribution in [0.1, 0.15) is 50.7 Å². The molecule has 2 aromatic rings. The number of nitrogens with one attached hydrogen (secondary N) is 1. The quantitative estimate of drug-likeness (QED) is 0.700. The van der Waals surface area contributed by atoms with E-state index < -0.39 is 5.92 Å². The Morgan fingerprint density at radius 2 is 1.72 bits per heavy atom. The van der Waals surface area contributed by atoms with Crippen molar-refractivity contribution < 1.29 is 14.3 Å². The van der Waals surface area contributed by atoms with Gasteiger partial charge in [-0.15, -0.1) is 0 Å². The fourth-order valence-corrected chi connectivity index (χ4v) is 4.96. The third-order valence-corrected chi connectivity index (χ3v) is 6.40. The Morgan fingerprint density at radius 1 is 1.03 bits per heavy atom. The molecule has 1 N–H and O–H groups in total. The summed E-state index contributed by atoms with van der Waals surface area (Å²) in [6.07, 6.45) is 1.24. The lowest BCUT2D eigenvalue weighted by molar-refractivity contribution is -0.124. The first-order valence-electron chi connectivity index (χ1n) is 11.0. The van der Waals surface area contributed by atoms with Gasteiger partial charge >= 0.3 is 0 Å². The molecular formula is C27H30N2O3. The first-order valence-corrected chi connectivity index (χ1v) is 11.0. The summed E-state index contributed by atoms with van der Waals surface area (Å²) in [4.78, 5) is 31.8. The molecule has 0 radical (unpaired) electrons. The van der Waals surface area contributed by atoms with Crippen molar-refractivity contribution >= 4 is 23.1 Å². The molecule has 0 spiro atoms. The number of benzene rings is 2. The molecule has 2 aliphatic rings. The Bertz CT molecular complexity index is 1130. The standard InChI is InChI=1S/C27H30N2O3/c1-16-10-12-18(13-11-16)24-23(26(31)29-19-8-6-7-9-22(19)32-5)17(2)28-20-14-27(3,4)15-21(30)25(20)24/h6-13,24-25H,14-15H2,1-5H3,(H,29,31)/t24-,25?/m1/s1. The highest BCUT2D eigenvalue weighted by Gasteiger charge is 2.47.